The first-order valence-electron chi connectivity index (χ1n) is 6.51. The number of pyridine rings is 1. The molecule has 3 N–H and O–H groups in total. The van der Waals surface area contributed by atoms with Crippen molar-refractivity contribution < 1.29 is 4.79 Å². The molecule has 1 aromatic heterocycles. The predicted molar refractivity (Wildman–Crippen MR) is 84.8 cm³/mol. The molecule has 0 saturated carbocycles. The third kappa shape index (κ3) is 3.51. The van der Waals surface area contributed by atoms with Crippen molar-refractivity contribution in [3.8, 4) is 0 Å². The van der Waals surface area contributed by atoms with Gasteiger partial charge in [-0.25, -0.2) is 0 Å². The van der Waals surface area contributed by atoms with Crippen LogP contribution in [0.5, 0.6) is 0 Å². The number of benzene rings is 1. The van der Waals surface area contributed by atoms with Crippen LogP contribution in [0.15, 0.2) is 30.3 Å². The molecule has 0 atom stereocenters. The molecule has 1 aromatic carbocycles. The molecular weight excluding hydrogens is 270 g/mol. The average Bonchev–Trinajstić information content (AvgIpc) is 2.42. The number of aryl methyl sites for hydroxylation is 1. The van der Waals surface area contributed by atoms with E-state index in [4.69, 9.17) is 18.0 Å². The summed E-state index contributed by atoms with van der Waals surface area (Å²) in [4.78, 5) is 17.2. The third-order valence-electron chi connectivity index (χ3n) is 2.97. The number of fused-ring (bicyclic) bond motifs is 1. The Morgan fingerprint density at radius 2 is 2.15 bits per heavy atom. The van der Waals surface area contributed by atoms with Gasteiger partial charge in [-0.3, -0.25) is 9.78 Å². The van der Waals surface area contributed by atoms with E-state index in [-0.39, 0.29) is 5.91 Å². The van der Waals surface area contributed by atoms with Crippen LogP contribution < -0.4 is 11.1 Å². The van der Waals surface area contributed by atoms with Crippen molar-refractivity contribution in [1.29, 1.82) is 0 Å². The van der Waals surface area contributed by atoms with Crippen LogP contribution in [0, 0.1) is 6.92 Å². The molecule has 2 rings (SSSR count). The molecule has 1 amide bonds. The first-order valence-corrected chi connectivity index (χ1v) is 6.91. The lowest BCUT2D eigenvalue weighted by atomic mass is 10.1. The first-order chi connectivity index (χ1) is 9.58. The highest BCUT2D eigenvalue weighted by molar-refractivity contribution is 7.80. The van der Waals surface area contributed by atoms with Gasteiger partial charge >= 0.3 is 0 Å². The van der Waals surface area contributed by atoms with E-state index in [9.17, 15) is 4.79 Å². The fourth-order valence-corrected chi connectivity index (χ4v) is 2.20. The number of rotatable bonds is 5. The van der Waals surface area contributed by atoms with Gasteiger partial charge < -0.3 is 11.1 Å². The van der Waals surface area contributed by atoms with Crippen molar-refractivity contribution in [2.24, 2.45) is 5.73 Å². The highest BCUT2D eigenvalue weighted by Gasteiger charge is 2.11. The van der Waals surface area contributed by atoms with Gasteiger partial charge in [-0.2, -0.15) is 0 Å². The Morgan fingerprint density at radius 1 is 1.40 bits per heavy atom. The number of carbonyl (C=O) groups is 1. The minimum absolute atomic E-state index is 0.0883. The van der Waals surface area contributed by atoms with E-state index in [0.29, 0.717) is 23.5 Å². The lowest BCUT2D eigenvalue weighted by molar-refractivity contribution is 0.0955. The Kier molecular flexibility index (Phi) is 4.63. The molecule has 0 fully saturated rings. The number of thiocarbonyl (C=S) groups is 1. The van der Waals surface area contributed by atoms with Crippen LogP contribution in [0.25, 0.3) is 10.9 Å². The molecular formula is C15H17N3OS. The topological polar surface area (TPSA) is 68.0 Å². The molecule has 0 aliphatic rings. The second-order valence-corrected chi connectivity index (χ2v) is 5.18. The number of nitrogens with two attached hydrogens (primary N) is 1. The minimum atomic E-state index is -0.0883. The molecule has 0 spiro atoms. The van der Waals surface area contributed by atoms with E-state index < -0.39 is 0 Å². The summed E-state index contributed by atoms with van der Waals surface area (Å²) < 4.78 is 0. The molecule has 104 valence electrons. The molecule has 0 radical (unpaired) electrons. The maximum atomic E-state index is 12.3. The van der Waals surface area contributed by atoms with Gasteiger partial charge in [-0.1, -0.05) is 30.4 Å². The van der Waals surface area contributed by atoms with Crippen LogP contribution in [0.3, 0.4) is 0 Å². The Labute approximate surface area is 123 Å². The van der Waals surface area contributed by atoms with E-state index in [2.05, 4.69) is 10.3 Å². The van der Waals surface area contributed by atoms with Crippen LogP contribution in [0.4, 0.5) is 0 Å². The largest absolute Gasteiger partial charge is 0.393 e. The number of hydrogen-bond donors (Lipinski definition) is 2. The Hall–Kier alpha value is -2.01. The van der Waals surface area contributed by atoms with E-state index in [1.807, 2.05) is 37.3 Å². The summed E-state index contributed by atoms with van der Waals surface area (Å²) in [5.74, 6) is -0.0883. The molecule has 0 saturated heterocycles. The molecule has 0 aliphatic carbocycles. The highest BCUT2D eigenvalue weighted by atomic mass is 32.1. The number of carbonyl (C=O) groups excluding carboxylic acids is 1. The van der Waals surface area contributed by atoms with Crippen molar-refractivity contribution >= 4 is 34.0 Å². The Balaban J connectivity index is 2.15. The Morgan fingerprint density at radius 3 is 2.90 bits per heavy atom. The molecule has 1 heterocycles. The number of aromatic nitrogens is 1. The number of nitrogens with one attached hydrogen (secondary N) is 1. The Bertz CT molecular complexity index is 655. The summed E-state index contributed by atoms with van der Waals surface area (Å²) in [6.07, 6.45) is 1.40. The van der Waals surface area contributed by atoms with E-state index in [1.54, 1.807) is 0 Å². The van der Waals surface area contributed by atoms with Crippen molar-refractivity contribution in [3.63, 3.8) is 0 Å². The maximum absolute atomic E-state index is 12.3. The predicted octanol–water partition coefficient (Wildman–Crippen LogP) is 2.34. The molecule has 0 bridgehead atoms. The summed E-state index contributed by atoms with van der Waals surface area (Å²) in [7, 11) is 0. The SMILES string of the molecule is Cc1cc(C(=O)NCCCC(N)=S)c2ccccc2n1. The third-order valence-corrected chi connectivity index (χ3v) is 3.18. The summed E-state index contributed by atoms with van der Waals surface area (Å²) in [5, 5.41) is 3.76. The second kappa shape index (κ2) is 6.43. The molecule has 5 heteroatoms. The minimum Gasteiger partial charge on any atom is -0.393 e. The van der Waals surface area contributed by atoms with Crippen LogP contribution in [-0.4, -0.2) is 22.4 Å². The molecule has 0 aliphatic heterocycles. The maximum Gasteiger partial charge on any atom is 0.252 e. The fraction of sp³-hybridized carbons (Fsp3) is 0.267. The zero-order chi connectivity index (χ0) is 14.5. The van der Waals surface area contributed by atoms with Crippen LogP contribution in [-0.2, 0) is 0 Å². The fourth-order valence-electron chi connectivity index (χ4n) is 2.06. The lowest BCUT2D eigenvalue weighted by Crippen LogP contribution is -2.25. The number of nitrogens with zero attached hydrogens (tertiary/aromatic N) is 1. The summed E-state index contributed by atoms with van der Waals surface area (Å²) >= 11 is 4.81. The van der Waals surface area contributed by atoms with Gasteiger partial charge in [-0.15, -0.1) is 0 Å². The van der Waals surface area contributed by atoms with E-state index in [0.717, 1.165) is 23.0 Å². The van der Waals surface area contributed by atoms with Crippen molar-refractivity contribution in [2.75, 3.05) is 6.54 Å². The van der Waals surface area contributed by atoms with Gasteiger partial charge in [0.2, 0.25) is 0 Å². The zero-order valence-corrected chi connectivity index (χ0v) is 12.2. The van der Waals surface area contributed by atoms with E-state index >= 15 is 0 Å². The summed E-state index contributed by atoms with van der Waals surface area (Å²) in [6.45, 7) is 2.45. The average molecular weight is 287 g/mol. The van der Waals surface area contributed by atoms with Crippen molar-refractivity contribution in [1.82, 2.24) is 10.3 Å². The molecule has 0 unspecified atom stereocenters. The molecule has 20 heavy (non-hydrogen) atoms. The number of para-hydroxylation sites is 1. The second-order valence-electron chi connectivity index (χ2n) is 4.65. The first kappa shape index (κ1) is 14.4. The lowest BCUT2D eigenvalue weighted by Gasteiger charge is -2.08. The molecule has 4 nitrogen and oxygen atoms in total. The number of amides is 1. The highest BCUT2D eigenvalue weighted by Crippen LogP contribution is 2.18. The summed E-state index contributed by atoms with van der Waals surface area (Å²) in [6, 6.07) is 9.45. The quantitative estimate of drug-likeness (QED) is 0.654. The van der Waals surface area contributed by atoms with Gasteiger partial charge in [0.05, 0.1) is 16.1 Å². The van der Waals surface area contributed by atoms with Gasteiger partial charge in [0.15, 0.2) is 0 Å². The van der Waals surface area contributed by atoms with E-state index in [1.165, 1.54) is 0 Å². The van der Waals surface area contributed by atoms with Crippen LogP contribution >= 0.6 is 12.2 Å². The zero-order valence-electron chi connectivity index (χ0n) is 11.3. The molecule has 2 aromatic rings. The van der Waals surface area contributed by atoms with Crippen LogP contribution in [0.1, 0.15) is 28.9 Å². The van der Waals surface area contributed by atoms with Gasteiger partial charge in [-0.05, 0) is 31.9 Å². The van der Waals surface area contributed by atoms with Crippen molar-refractivity contribution in [3.05, 3.63) is 41.6 Å². The van der Waals surface area contributed by atoms with Crippen molar-refractivity contribution in [2.45, 2.75) is 19.8 Å². The monoisotopic (exact) mass is 287 g/mol. The van der Waals surface area contributed by atoms with Gasteiger partial charge in [0.1, 0.15) is 0 Å². The van der Waals surface area contributed by atoms with Gasteiger partial charge in [0.25, 0.3) is 5.91 Å². The number of hydrogen-bond acceptors (Lipinski definition) is 3. The smallest absolute Gasteiger partial charge is 0.252 e. The van der Waals surface area contributed by atoms with Crippen LogP contribution in [0.2, 0.25) is 0 Å². The summed E-state index contributed by atoms with van der Waals surface area (Å²) in [5.41, 5.74) is 7.75. The standard InChI is InChI=1S/C15H17N3OS/c1-10-9-12(11-5-2-3-6-13(11)18-10)15(19)17-8-4-7-14(16)20/h2-3,5-6,9H,4,7-8H2,1H3,(H2,16,20)(H,17,19). The van der Waals surface area contributed by atoms with Gasteiger partial charge in [0, 0.05) is 17.6 Å². The normalized spacial score (nSPS) is 10.4.